The molecule has 0 bridgehead atoms. The van der Waals surface area contributed by atoms with E-state index >= 15 is 0 Å². The molecule has 0 amide bonds. The normalized spacial score (nSPS) is 15.7. The van der Waals surface area contributed by atoms with Crippen molar-refractivity contribution in [3.8, 4) is 11.5 Å². The summed E-state index contributed by atoms with van der Waals surface area (Å²) < 4.78 is 5.28. The number of hydrogen-bond acceptors (Lipinski definition) is 5. The van der Waals surface area contributed by atoms with Crippen LogP contribution in [0.25, 0.3) is 11.5 Å². The summed E-state index contributed by atoms with van der Waals surface area (Å²) in [6.07, 6.45) is 0. The molecule has 2 aromatic rings. The fourth-order valence-corrected chi connectivity index (χ4v) is 2.09. The average Bonchev–Trinajstić information content (AvgIpc) is 2.76. The van der Waals surface area contributed by atoms with Crippen molar-refractivity contribution in [2.45, 2.75) is 12.6 Å². The highest BCUT2D eigenvalue weighted by Gasteiger charge is 2.22. The van der Waals surface area contributed by atoms with Crippen LogP contribution >= 0.6 is 11.6 Å². The molecule has 1 fully saturated rings. The smallest absolute Gasteiger partial charge is 0.257 e. The van der Waals surface area contributed by atoms with Crippen molar-refractivity contribution in [3.63, 3.8) is 0 Å². The maximum Gasteiger partial charge on any atom is 0.257 e. The zero-order valence-corrected chi connectivity index (χ0v) is 11.4. The van der Waals surface area contributed by atoms with Crippen LogP contribution in [0.1, 0.15) is 5.82 Å². The maximum absolute atomic E-state index is 5.85. The van der Waals surface area contributed by atoms with Crippen molar-refractivity contribution in [2.75, 3.05) is 20.1 Å². The van der Waals surface area contributed by atoms with Gasteiger partial charge < -0.3 is 9.84 Å². The summed E-state index contributed by atoms with van der Waals surface area (Å²) in [7, 11) is 2.07. The molecule has 0 spiro atoms. The third kappa shape index (κ3) is 2.78. The SMILES string of the molecule is CN(Cc1noc(-c2ccc(Cl)cc2)n1)C1CNC1. The molecule has 2 heterocycles. The van der Waals surface area contributed by atoms with Gasteiger partial charge in [0.05, 0.1) is 6.54 Å². The van der Waals surface area contributed by atoms with E-state index in [4.69, 9.17) is 16.1 Å². The first kappa shape index (κ1) is 12.6. The van der Waals surface area contributed by atoms with Crippen LogP contribution in [0.5, 0.6) is 0 Å². The van der Waals surface area contributed by atoms with E-state index in [1.165, 1.54) is 0 Å². The molecule has 0 aliphatic carbocycles. The molecule has 1 N–H and O–H groups in total. The Balaban J connectivity index is 1.70. The number of halogens is 1. The molecule has 0 atom stereocenters. The van der Waals surface area contributed by atoms with E-state index in [1.54, 1.807) is 0 Å². The monoisotopic (exact) mass is 278 g/mol. The molecule has 1 saturated heterocycles. The predicted molar refractivity (Wildman–Crippen MR) is 72.9 cm³/mol. The van der Waals surface area contributed by atoms with Crippen LogP contribution in [0.4, 0.5) is 0 Å². The van der Waals surface area contributed by atoms with Crippen LogP contribution in [0, 0.1) is 0 Å². The molecule has 3 rings (SSSR count). The highest BCUT2D eigenvalue weighted by molar-refractivity contribution is 6.30. The quantitative estimate of drug-likeness (QED) is 0.924. The van der Waals surface area contributed by atoms with Crippen LogP contribution in [-0.2, 0) is 6.54 Å². The molecule has 1 aromatic heterocycles. The van der Waals surface area contributed by atoms with Gasteiger partial charge in [-0.05, 0) is 31.3 Å². The van der Waals surface area contributed by atoms with Gasteiger partial charge in [0.15, 0.2) is 5.82 Å². The van der Waals surface area contributed by atoms with E-state index in [0.29, 0.717) is 29.3 Å². The molecule has 5 nitrogen and oxygen atoms in total. The third-order valence-corrected chi connectivity index (χ3v) is 3.59. The largest absolute Gasteiger partial charge is 0.334 e. The van der Waals surface area contributed by atoms with Crippen molar-refractivity contribution in [1.29, 1.82) is 0 Å². The number of likely N-dealkylation sites (N-methyl/N-ethyl adjacent to an activating group) is 1. The van der Waals surface area contributed by atoms with E-state index in [0.717, 1.165) is 18.7 Å². The van der Waals surface area contributed by atoms with Gasteiger partial charge >= 0.3 is 0 Å². The van der Waals surface area contributed by atoms with Gasteiger partial charge in [-0.3, -0.25) is 4.90 Å². The number of aromatic nitrogens is 2. The first-order chi connectivity index (χ1) is 9.22. The molecule has 100 valence electrons. The molecule has 0 saturated carbocycles. The Bertz CT molecular complexity index is 550. The van der Waals surface area contributed by atoms with Gasteiger partial charge in [0.25, 0.3) is 5.89 Å². The fraction of sp³-hybridized carbons (Fsp3) is 0.385. The summed E-state index contributed by atoms with van der Waals surface area (Å²) in [5.74, 6) is 1.24. The molecule has 6 heteroatoms. The molecule has 1 aromatic carbocycles. The number of rotatable bonds is 4. The van der Waals surface area contributed by atoms with E-state index in [2.05, 4.69) is 27.4 Å². The number of benzene rings is 1. The van der Waals surface area contributed by atoms with Gasteiger partial charge in [-0.25, -0.2) is 0 Å². The Kier molecular flexibility index (Phi) is 3.50. The van der Waals surface area contributed by atoms with Crippen LogP contribution in [0.2, 0.25) is 5.02 Å². The topological polar surface area (TPSA) is 54.2 Å². The lowest BCUT2D eigenvalue weighted by molar-refractivity contribution is 0.168. The molecule has 0 unspecified atom stereocenters. The zero-order chi connectivity index (χ0) is 13.2. The second-order valence-corrected chi connectivity index (χ2v) is 5.19. The van der Waals surface area contributed by atoms with Crippen LogP contribution < -0.4 is 5.32 Å². The molecule has 0 radical (unpaired) electrons. The summed E-state index contributed by atoms with van der Waals surface area (Å²) in [6, 6.07) is 7.94. The van der Waals surface area contributed by atoms with Gasteiger partial charge in [-0.1, -0.05) is 16.8 Å². The molecule has 19 heavy (non-hydrogen) atoms. The first-order valence-corrected chi connectivity index (χ1v) is 6.59. The second kappa shape index (κ2) is 5.28. The van der Waals surface area contributed by atoms with Crippen molar-refractivity contribution in [1.82, 2.24) is 20.4 Å². The Morgan fingerprint density at radius 3 is 2.74 bits per heavy atom. The van der Waals surface area contributed by atoms with Crippen LogP contribution in [0.3, 0.4) is 0 Å². The Morgan fingerprint density at radius 2 is 2.11 bits per heavy atom. The summed E-state index contributed by atoms with van der Waals surface area (Å²) in [6.45, 7) is 2.75. The van der Waals surface area contributed by atoms with E-state index < -0.39 is 0 Å². The second-order valence-electron chi connectivity index (χ2n) is 4.75. The lowest BCUT2D eigenvalue weighted by atomic mass is 10.1. The summed E-state index contributed by atoms with van der Waals surface area (Å²) >= 11 is 5.85. The Morgan fingerprint density at radius 1 is 1.37 bits per heavy atom. The lowest BCUT2D eigenvalue weighted by Gasteiger charge is -2.34. The zero-order valence-electron chi connectivity index (χ0n) is 10.6. The minimum absolute atomic E-state index is 0.534. The standard InChI is InChI=1S/C13H15ClN4O/c1-18(11-6-15-7-11)8-12-16-13(19-17-12)9-2-4-10(14)5-3-9/h2-5,11,15H,6-8H2,1H3. The van der Waals surface area contributed by atoms with Crippen molar-refractivity contribution < 1.29 is 4.52 Å². The Labute approximate surface area is 116 Å². The van der Waals surface area contributed by atoms with Gasteiger partial charge in [-0.2, -0.15) is 4.98 Å². The highest BCUT2D eigenvalue weighted by atomic mass is 35.5. The molecule has 1 aliphatic rings. The average molecular weight is 279 g/mol. The van der Waals surface area contributed by atoms with E-state index in [1.807, 2.05) is 24.3 Å². The molecular formula is C13H15ClN4O. The van der Waals surface area contributed by atoms with E-state index in [9.17, 15) is 0 Å². The number of nitrogens with zero attached hydrogens (tertiary/aromatic N) is 3. The van der Waals surface area contributed by atoms with Crippen molar-refractivity contribution in [2.24, 2.45) is 0 Å². The van der Waals surface area contributed by atoms with Crippen LogP contribution in [0.15, 0.2) is 28.8 Å². The minimum Gasteiger partial charge on any atom is -0.334 e. The fourth-order valence-electron chi connectivity index (χ4n) is 1.97. The summed E-state index contributed by atoms with van der Waals surface area (Å²) in [4.78, 5) is 6.64. The van der Waals surface area contributed by atoms with Crippen molar-refractivity contribution >= 4 is 11.6 Å². The third-order valence-electron chi connectivity index (χ3n) is 3.33. The van der Waals surface area contributed by atoms with Gasteiger partial charge in [0, 0.05) is 29.7 Å². The Hall–Kier alpha value is -1.43. The van der Waals surface area contributed by atoms with Gasteiger partial charge in [-0.15, -0.1) is 0 Å². The summed E-state index contributed by atoms with van der Waals surface area (Å²) in [5, 5.41) is 7.96. The first-order valence-electron chi connectivity index (χ1n) is 6.22. The lowest BCUT2D eigenvalue weighted by Crippen LogP contribution is -2.55. The number of hydrogen-bond donors (Lipinski definition) is 1. The van der Waals surface area contributed by atoms with Crippen molar-refractivity contribution in [3.05, 3.63) is 35.1 Å². The highest BCUT2D eigenvalue weighted by Crippen LogP contribution is 2.20. The van der Waals surface area contributed by atoms with E-state index in [-0.39, 0.29) is 0 Å². The maximum atomic E-state index is 5.85. The summed E-state index contributed by atoms with van der Waals surface area (Å²) in [5.41, 5.74) is 0.885. The number of nitrogens with one attached hydrogen (secondary N) is 1. The van der Waals surface area contributed by atoms with Crippen LogP contribution in [-0.4, -0.2) is 41.2 Å². The molecular weight excluding hydrogens is 264 g/mol. The van der Waals surface area contributed by atoms with Gasteiger partial charge in [0.2, 0.25) is 0 Å². The minimum atomic E-state index is 0.534. The van der Waals surface area contributed by atoms with Gasteiger partial charge in [0.1, 0.15) is 0 Å². The molecule has 1 aliphatic heterocycles. The predicted octanol–water partition coefficient (Wildman–Crippen LogP) is 1.79.